The van der Waals surface area contributed by atoms with E-state index in [9.17, 15) is 9.59 Å². The third kappa shape index (κ3) is 2.56. The Balaban J connectivity index is 1.75. The Morgan fingerprint density at radius 3 is 2.50 bits per heavy atom. The number of likely N-dealkylation sites (tertiary alicyclic amines) is 1. The average molecular weight is 301 g/mol. The molecule has 3 rings (SSSR count). The number of amides is 3. The minimum Gasteiger partial charge on any atom is -0.331 e. The standard InChI is InChI=1S/C17H23N3O2/c1-13-4-6-14(7-5-13)20-12-17(10-15(20)21)8-9-19(11-17)16(22)18(2)3/h4-7H,8-12H2,1-3H3/t17-/m0/s1. The van der Waals surface area contributed by atoms with Crippen LogP contribution in [0.25, 0.3) is 0 Å². The molecule has 2 saturated heterocycles. The van der Waals surface area contributed by atoms with E-state index in [0.717, 1.165) is 18.7 Å². The molecule has 0 bridgehead atoms. The predicted molar refractivity (Wildman–Crippen MR) is 85.9 cm³/mol. The second-order valence-corrected chi connectivity index (χ2v) is 6.84. The first kappa shape index (κ1) is 14.9. The Bertz CT molecular complexity index is 596. The lowest BCUT2D eigenvalue weighted by atomic mass is 9.86. The van der Waals surface area contributed by atoms with Crippen molar-refractivity contribution in [3.8, 4) is 0 Å². The Labute approximate surface area is 131 Å². The van der Waals surface area contributed by atoms with Gasteiger partial charge in [-0.15, -0.1) is 0 Å². The molecule has 1 aromatic carbocycles. The topological polar surface area (TPSA) is 43.9 Å². The van der Waals surface area contributed by atoms with E-state index in [0.29, 0.717) is 19.5 Å². The van der Waals surface area contributed by atoms with Gasteiger partial charge in [0.2, 0.25) is 5.91 Å². The first-order valence-corrected chi connectivity index (χ1v) is 7.73. The molecule has 0 aromatic heterocycles. The van der Waals surface area contributed by atoms with Crippen LogP contribution in [0.4, 0.5) is 10.5 Å². The molecule has 0 aliphatic carbocycles. The van der Waals surface area contributed by atoms with Crippen LogP contribution in [0.2, 0.25) is 0 Å². The van der Waals surface area contributed by atoms with Crippen molar-refractivity contribution in [2.45, 2.75) is 19.8 Å². The second kappa shape index (κ2) is 5.30. The van der Waals surface area contributed by atoms with E-state index in [-0.39, 0.29) is 17.4 Å². The SMILES string of the molecule is Cc1ccc(N2C[C@@]3(CCN(C(=O)N(C)C)C3)CC2=O)cc1. The molecule has 118 valence electrons. The number of nitrogens with zero attached hydrogens (tertiary/aromatic N) is 3. The fourth-order valence-electron chi connectivity index (χ4n) is 3.51. The normalized spacial score (nSPS) is 24.4. The summed E-state index contributed by atoms with van der Waals surface area (Å²) >= 11 is 0. The van der Waals surface area contributed by atoms with E-state index in [1.54, 1.807) is 19.0 Å². The molecule has 1 aromatic rings. The number of urea groups is 1. The van der Waals surface area contributed by atoms with Crippen molar-refractivity contribution in [2.75, 3.05) is 38.6 Å². The van der Waals surface area contributed by atoms with E-state index >= 15 is 0 Å². The Hall–Kier alpha value is -2.04. The first-order valence-electron chi connectivity index (χ1n) is 7.73. The van der Waals surface area contributed by atoms with Gasteiger partial charge in [-0.05, 0) is 25.5 Å². The van der Waals surface area contributed by atoms with Crippen LogP contribution < -0.4 is 4.90 Å². The third-order valence-corrected chi connectivity index (χ3v) is 4.76. The fraction of sp³-hybridized carbons (Fsp3) is 0.529. The van der Waals surface area contributed by atoms with Crippen LogP contribution in [0.15, 0.2) is 24.3 Å². The molecule has 2 aliphatic rings. The van der Waals surface area contributed by atoms with Crippen LogP contribution in [-0.2, 0) is 4.79 Å². The van der Waals surface area contributed by atoms with Crippen molar-refractivity contribution in [1.29, 1.82) is 0 Å². The summed E-state index contributed by atoms with van der Waals surface area (Å²) in [4.78, 5) is 29.9. The van der Waals surface area contributed by atoms with Gasteiger partial charge in [-0.1, -0.05) is 17.7 Å². The highest BCUT2D eigenvalue weighted by Gasteiger charge is 2.48. The van der Waals surface area contributed by atoms with Gasteiger partial charge in [0.1, 0.15) is 0 Å². The van der Waals surface area contributed by atoms with Crippen molar-refractivity contribution in [2.24, 2.45) is 5.41 Å². The van der Waals surface area contributed by atoms with Crippen molar-refractivity contribution < 1.29 is 9.59 Å². The number of anilines is 1. The Morgan fingerprint density at radius 1 is 1.18 bits per heavy atom. The largest absolute Gasteiger partial charge is 0.331 e. The Morgan fingerprint density at radius 2 is 1.86 bits per heavy atom. The smallest absolute Gasteiger partial charge is 0.319 e. The summed E-state index contributed by atoms with van der Waals surface area (Å²) in [5.41, 5.74) is 2.08. The van der Waals surface area contributed by atoms with Gasteiger partial charge in [0, 0.05) is 51.3 Å². The minimum absolute atomic E-state index is 0.0399. The highest BCUT2D eigenvalue weighted by Crippen LogP contribution is 2.42. The number of carbonyl (C=O) groups is 2. The molecular formula is C17H23N3O2. The van der Waals surface area contributed by atoms with Crippen LogP contribution in [0.3, 0.4) is 0 Å². The lowest BCUT2D eigenvalue weighted by Crippen LogP contribution is -2.39. The van der Waals surface area contributed by atoms with Crippen molar-refractivity contribution in [3.05, 3.63) is 29.8 Å². The second-order valence-electron chi connectivity index (χ2n) is 6.84. The van der Waals surface area contributed by atoms with Crippen LogP contribution in [0.5, 0.6) is 0 Å². The number of rotatable bonds is 1. The summed E-state index contributed by atoms with van der Waals surface area (Å²) in [5.74, 6) is 0.169. The maximum Gasteiger partial charge on any atom is 0.319 e. The summed E-state index contributed by atoms with van der Waals surface area (Å²) in [5, 5.41) is 0. The average Bonchev–Trinajstić information content (AvgIpc) is 3.03. The highest BCUT2D eigenvalue weighted by atomic mass is 16.2. The Kier molecular flexibility index (Phi) is 3.59. The number of hydrogen-bond acceptors (Lipinski definition) is 2. The summed E-state index contributed by atoms with van der Waals surface area (Å²) in [6, 6.07) is 8.11. The van der Waals surface area contributed by atoms with Crippen LogP contribution >= 0.6 is 0 Å². The molecule has 0 saturated carbocycles. The van der Waals surface area contributed by atoms with E-state index in [2.05, 4.69) is 0 Å². The van der Waals surface area contributed by atoms with Gasteiger partial charge < -0.3 is 14.7 Å². The molecular weight excluding hydrogens is 278 g/mol. The summed E-state index contributed by atoms with van der Waals surface area (Å²) < 4.78 is 0. The van der Waals surface area contributed by atoms with Gasteiger partial charge in [0.15, 0.2) is 0 Å². The van der Waals surface area contributed by atoms with Crippen LogP contribution in [-0.4, -0.2) is 55.5 Å². The monoisotopic (exact) mass is 301 g/mol. The van der Waals surface area contributed by atoms with Crippen molar-refractivity contribution in [1.82, 2.24) is 9.80 Å². The van der Waals surface area contributed by atoms with E-state index < -0.39 is 0 Å². The first-order chi connectivity index (χ1) is 10.4. The molecule has 1 spiro atoms. The molecule has 0 unspecified atom stereocenters. The zero-order chi connectivity index (χ0) is 15.9. The lowest BCUT2D eigenvalue weighted by molar-refractivity contribution is -0.117. The number of aryl methyl sites for hydroxylation is 1. The molecule has 1 atom stereocenters. The van der Waals surface area contributed by atoms with E-state index in [1.807, 2.05) is 41.0 Å². The molecule has 5 nitrogen and oxygen atoms in total. The quantitative estimate of drug-likeness (QED) is 0.797. The molecule has 2 heterocycles. The molecule has 2 aliphatic heterocycles. The summed E-state index contributed by atoms with van der Waals surface area (Å²) in [7, 11) is 3.54. The number of carbonyl (C=O) groups excluding carboxylic acids is 2. The zero-order valence-corrected chi connectivity index (χ0v) is 13.5. The maximum atomic E-state index is 12.4. The van der Waals surface area contributed by atoms with E-state index in [1.165, 1.54) is 5.56 Å². The van der Waals surface area contributed by atoms with Gasteiger partial charge in [-0.3, -0.25) is 4.79 Å². The third-order valence-electron chi connectivity index (χ3n) is 4.76. The van der Waals surface area contributed by atoms with Crippen LogP contribution in [0, 0.1) is 12.3 Å². The van der Waals surface area contributed by atoms with Crippen molar-refractivity contribution in [3.63, 3.8) is 0 Å². The molecule has 5 heteroatoms. The van der Waals surface area contributed by atoms with Gasteiger partial charge in [0.25, 0.3) is 0 Å². The zero-order valence-electron chi connectivity index (χ0n) is 13.5. The highest BCUT2D eigenvalue weighted by molar-refractivity contribution is 5.96. The number of benzene rings is 1. The van der Waals surface area contributed by atoms with Gasteiger partial charge in [-0.2, -0.15) is 0 Å². The molecule has 2 fully saturated rings. The van der Waals surface area contributed by atoms with Gasteiger partial charge in [0.05, 0.1) is 0 Å². The summed E-state index contributed by atoms with van der Waals surface area (Å²) in [6.45, 7) is 4.18. The number of hydrogen-bond donors (Lipinski definition) is 0. The minimum atomic E-state index is -0.0758. The summed E-state index contributed by atoms with van der Waals surface area (Å²) in [6.07, 6.45) is 1.44. The molecule has 3 amide bonds. The molecule has 0 radical (unpaired) electrons. The molecule has 0 N–H and O–H groups in total. The van der Waals surface area contributed by atoms with Gasteiger partial charge >= 0.3 is 6.03 Å². The molecule has 22 heavy (non-hydrogen) atoms. The van der Waals surface area contributed by atoms with E-state index in [4.69, 9.17) is 0 Å². The maximum absolute atomic E-state index is 12.4. The van der Waals surface area contributed by atoms with Crippen molar-refractivity contribution >= 4 is 17.6 Å². The van der Waals surface area contributed by atoms with Crippen LogP contribution in [0.1, 0.15) is 18.4 Å². The fourth-order valence-corrected chi connectivity index (χ4v) is 3.51. The lowest BCUT2D eigenvalue weighted by Gasteiger charge is -2.25. The predicted octanol–water partition coefficient (Wildman–Crippen LogP) is 2.11. The van der Waals surface area contributed by atoms with Gasteiger partial charge in [-0.25, -0.2) is 4.79 Å².